The van der Waals surface area contributed by atoms with Gasteiger partial charge in [-0.2, -0.15) is 4.98 Å². The SMILES string of the molecule is CC1CN(C(=O)C(C)(C)N)CCN1C(=O)Nc1ccn(-c2ccc(CN3CCC(CN)CC3)cc2)c(=O)n1.Cl. The smallest absolute Gasteiger partial charge is 0.337 e. The van der Waals surface area contributed by atoms with Gasteiger partial charge in [-0.25, -0.2) is 9.59 Å². The Bertz CT molecular complexity index is 1190. The summed E-state index contributed by atoms with van der Waals surface area (Å²) in [5, 5.41) is 2.72. The van der Waals surface area contributed by atoms with Gasteiger partial charge in [0, 0.05) is 38.4 Å². The topological polar surface area (TPSA) is 143 Å². The van der Waals surface area contributed by atoms with E-state index in [-0.39, 0.29) is 36.2 Å². The maximum Gasteiger partial charge on any atom is 0.354 e. The van der Waals surface area contributed by atoms with Crippen LogP contribution in [0.15, 0.2) is 41.3 Å². The predicted molar refractivity (Wildman–Crippen MR) is 154 cm³/mol. The van der Waals surface area contributed by atoms with Crippen molar-refractivity contribution in [2.45, 2.75) is 51.7 Å². The van der Waals surface area contributed by atoms with E-state index in [0.717, 1.165) is 39.0 Å². The van der Waals surface area contributed by atoms with E-state index >= 15 is 0 Å². The van der Waals surface area contributed by atoms with Gasteiger partial charge in [-0.1, -0.05) is 12.1 Å². The Hall–Kier alpha value is -2.99. The number of likely N-dealkylation sites (tertiary alicyclic amines) is 1. The number of rotatable bonds is 6. The fraction of sp³-hybridized carbons (Fsp3) is 0.556. The normalized spacial score (nSPS) is 18.9. The number of nitrogens with one attached hydrogen (secondary N) is 1. The number of carbonyl (C=O) groups excluding carboxylic acids is 2. The highest BCUT2D eigenvalue weighted by atomic mass is 35.5. The second-order valence-corrected chi connectivity index (χ2v) is 11.0. The van der Waals surface area contributed by atoms with Crippen molar-refractivity contribution in [2.24, 2.45) is 17.4 Å². The zero-order valence-corrected chi connectivity index (χ0v) is 23.8. The highest BCUT2D eigenvalue weighted by Gasteiger charge is 2.34. The number of carbonyl (C=O) groups is 2. The van der Waals surface area contributed by atoms with Gasteiger partial charge in [0.25, 0.3) is 0 Å². The largest absolute Gasteiger partial charge is 0.354 e. The van der Waals surface area contributed by atoms with E-state index in [2.05, 4.69) is 15.2 Å². The van der Waals surface area contributed by atoms with Crippen LogP contribution in [0.2, 0.25) is 0 Å². The quantitative estimate of drug-likeness (QED) is 0.487. The summed E-state index contributed by atoms with van der Waals surface area (Å²) in [7, 11) is 0. The van der Waals surface area contributed by atoms with Gasteiger partial charge in [0.2, 0.25) is 5.91 Å². The molecule has 0 saturated carbocycles. The summed E-state index contributed by atoms with van der Waals surface area (Å²) < 4.78 is 1.45. The minimum absolute atomic E-state index is 0. The number of halogens is 1. The van der Waals surface area contributed by atoms with Crippen molar-refractivity contribution in [1.82, 2.24) is 24.3 Å². The molecule has 1 atom stereocenters. The molecule has 2 aromatic rings. The van der Waals surface area contributed by atoms with Crippen molar-refractivity contribution < 1.29 is 9.59 Å². The summed E-state index contributed by atoms with van der Waals surface area (Å²) in [6.07, 6.45) is 3.89. The molecule has 1 unspecified atom stereocenters. The Morgan fingerprint density at radius 3 is 2.31 bits per heavy atom. The molecule has 0 bridgehead atoms. The third-order valence-electron chi connectivity index (χ3n) is 7.43. The van der Waals surface area contributed by atoms with Crippen LogP contribution < -0.4 is 22.5 Å². The van der Waals surface area contributed by atoms with Gasteiger partial charge in [-0.3, -0.25) is 19.6 Å². The molecule has 5 N–H and O–H groups in total. The molecule has 3 amide bonds. The maximum atomic E-state index is 12.9. The number of piperazine rings is 1. The van der Waals surface area contributed by atoms with Gasteiger partial charge >= 0.3 is 11.7 Å². The number of nitrogens with zero attached hydrogens (tertiary/aromatic N) is 5. The van der Waals surface area contributed by atoms with Crippen molar-refractivity contribution >= 4 is 30.2 Å². The third kappa shape index (κ3) is 7.57. The third-order valence-corrected chi connectivity index (χ3v) is 7.43. The van der Waals surface area contributed by atoms with E-state index in [4.69, 9.17) is 11.5 Å². The second kappa shape index (κ2) is 12.9. The van der Waals surface area contributed by atoms with E-state index in [1.807, 2.05) is 31.2 Å². The van der Waals surface area contributed by atoms with Crippen LogP contribution in [0.5, 0.6) is 0 Å². The predicted octanol–water partition coefficient (Wildman–Crippen LogP) is 1.63. The monoisotopic (exact) mass is 560 g/mol. The molecule has 12 heteroatoms. The van der Waals surface area contributed by atoms with Crippen molar-refractivity contribution in [1.29, 1.82) is 0 Å². The number of aromatic nitrogens is 2. The minimum Gasteiger partial charge on any atom is -0.337 e. The second-order valence-electron chi connectivity index (χ2n) is 11.0. The number of hydrogen-bond donors (Lipinski definition) is 3. The van der Waals surface area contributed by atoms with Crippen LogP contribution in [-0.4, -0.2) is 87.0 Å². The number of piperidine rings is 1. The Labute approximate surface area is 235 Å². The Balaban J connectivity index is 0.00000420. The highest BCUT2D eigenvalue weighted by Crippen LogP contribution is 2.19. The fourth-order valence-corrected chi connectivity index (χ4v) is 5.10. The number of nitrogens with two attached hydrogens (primary N) is 2. The first-order chi connectivity index (χ1) is 18.0. The number of anilines is 1. The Morgan fingerprint density at radius 1 is 1.08 bits per heavy atom. The lowest BCUT2D eigenvalue weighted by molar-refractivity contribution is -0.138. The fourth-order valence-electron chi connectivity index (χ4n) is 5.10. The first-order valence-electron chi connectivity index (χ1n) is 13.3. The molecular weight excluding hydrogens is 520 g/mol. The minimum atomic E-state index is -0.958. The molecule has 0 aliphatic carbocycles. The van der Waals surface area contributed by atoms with E-state index in [1.54, 1.807) is 35.9 Å². The van der Waals surface area contributed by atoms with E-state index in [1.165, 1.54) is 10.1 Å². The van der Waals surface area contributed by atoms with Gasteiger partial charge in [0.15, 0.2) is 0 Å². The average molecular weight is 561 g/mol. The summed E-state index contributed by atoms with van der Waals surface area (Å²) >= 11 is 0. The summed E-state index contributed by atoms with van der Waals surface area (Å²) in [4.78, 5) is 47.9. The molecule has 2 saturated heterocycles. The van der Waals surface area contributed by atoms with Gasteiger partial charge in [0.05, 0.1) is 11.2 Å². The first-order valence-corrected chi connectivity index (χ1v) is 13.3. The zero-order valence-electron chi connectivity index (χ0n) is 23.0. The van der Waals surface area contributed by atoms with Crippen LogP contribution in [0.3, 0.4) is 0 Å². The van der Waals surface area contributed by atoms with Crippen LogP contribution in [0.4, 0.5) is 10.6 Å². The first kappa shape index (κ1) is 30.6. The number of amides is 3. The lowest BCUT2D eigenvalue weighted by Gasteiger charge is -2.41. The summed E-state index contributed by atoms with van der Waals surface area (Å²) in [5.74, 6) is 0.673. The molecule has 0 spiro atoms. The molecule has 11 nitrogen and oxygen atoms in total. The Kier molecular flexibility index (Phi) is 10.1. The summed E-state index contributed by atoms with van der Waals surface area (Å²) in [6.45, 7) is 10.1. The van der Waals surface area contributed by atoms with Crippen LogP contribution in [0.25, 0.3) is 5.69 Å². The molecule has 1 aromatic heterocycles. The lowest BCUT2D eigenvalue weighted by atomic mass is 9.97. The molecule has 0 radical (unpaired) electrons. The molecular formula is C27H41ClN8O3. The summed E-state index contributed by atoms with van der Waals surface area (Å²) in [5.41, 5.74) is 12.2. The molecule has 4 rings (SSSR count). The summed E-state index contributed by atoms with van der Waals surface area (Å²) in [6, 6.07) is 8.93. The molecule has 2 aliphatic heterocycles. The van der Waals surface area contributed by atoms with Crippen LogP contribution in [0.1, 0.15) is 39.2 Å². The Morgan fingerprint density at radius 2 is 1.74 bits per heavy atom. The molecule has 1 aromatic carbocycles. The van der Waals surface area contributed by atoms with Gasteiger partial charge in [-0.15, -0.1) is 12.4 Å². The van der Waals surface area contributed by atoms with Gasteiger partial charge < -0.3 is 21.3 Å². The highest BCUT2D eigenvalue weighted by molar-refractivity contribution is 5.89. The van der Waals surface area contributed by atoms with Crippen molar-refractivity contribution in [3.8, 4) is 5.69 Å². The van der Waals surface area contributed by atoms with Gasteiger partial charge in [0.1, 0.15) is 5.82 Å². The lowest BCUT2D eigenvalue weighted by Crippen LogP contribution is -2.61. The number of hydrogen-bond acceptors (Lipinski definition) is 7. The van der Waals surface area contributed by atoms with E-state index in [0.29, 0.717) is 31.2 Å². The van der Waals surface area contributed by atoms with Gasteiger partial charge in [-0.05, 0) is 82.9 Å². The molecule has 2 aliphatic rings. The van der Waals surface area contributed by atoms with Crippen LogP contribution in [-0.2, 0) is 11.3 Å². The average Bonchev–Trinajstić information content (AvgIpc) is 2.88. The zero-order chi connectivity index (χ0) is 27.4. The number of benzene rings is 1. The van der Waals surface area contributed by atoms with Crippen molar-refractivity contribution in [3.05, 3.63) is 52.6 Å². The maximum absolute atomic E-state index is 12.9. The van der Waals surface area contributed by atoms with E-state index < -0.39 is 11.2 Å². The van der Waals surface area contributed by atoms with Crippen LogP contribution >= 0.6 is 12.4 Å². The number of urea groups is 1. The standard InChI is InChI=1S/C27H40N8O3.ClH/c1-19-17-33(24(36)27(2,3)29)14-15-34(19)25(37)30-23-10-13-35(26(38)31-23)22-6-4-21(5-7-22)18-32-11-8-20(16-28)9-12-32;/h4-7,10,13,19-20H,8-9,11-12,14-18,28-29H2,1-3H3,(H,30,31,37,38);1H. The molecule has 3 heterocycles. The molecule has 214 valence electrons. The van der Waals surface area contributed by atoms with Crippen molar-refractivity contribution in [3.63, 3.8) is 0 Å². The van der Waals surface area contributed by atoms with Crippen LogP contribution in [0, 0.1) is 5.92 Å². The molecule has 39 heavy (non-hydrogen) atoms. The van der Waals surface area contributed by atoms with Crippen molar-refractivity contribution in [2.75, 3.05) is 44.6 Å². The van der Waals surface area contributed by atoms with E-state index in [9.17, 15) is 14.4 Å². The molecule has 2 fully saturated rings.